The Kier molecular flexibility index (Phi) is 6.44. The van der Waals surface area contributed by atoms with Crippen LogP contribution in [0, 0.1) is 0 Å². The first-order valence-electron chi connectivity index (χ1n) is 7.38. The number of aryl methyl sites for hydroxylation is 1. The number of benzene rings is 2. The second-order valence-corrected chi connectivity index (χ2v) is 4.98. The molecule has 0 aliphatic rings. The Hall–Kier alpha value is -2.53. The largest absolute Gasteiger partial charge is 0.497 e. The molecule has 0 aromatic heterocycles. The fourth-order valence-corrected chi connectivity index (χ4v) is 2.15. The molecule has 1 amide bonds. The third kappa shape index (κ3) is 5.30. The second-order valence-electron chi connectivity index (χ2n) is 4.98. The van der Waals surface area contributed by atoms with Gasteiger partial charge in [-0.1, -0.05) is 30.3 Å². The molecular formula is C18H21NO4. The van der Waals surface area contributed by atoms with Crippen molar-refractivity contribution in [3.8, 4) is 11.5 Å². The van der Waals surface area contributed by atoms with Crippen LogP contribution in [0.1, 0.15) is 17.5 Å². The molecule has 0 spiro atoms. The van der Waals surface area contributed by atoms with Crippen molar-refractivity contribution < 1.29 is 19.1 Å². The van der Waals surface area contributed by atoms with Crippen LogP contribution < -0.4 is 15.0 Å². The normalized spacial score (nSPS) is 10.2. The van der Waals surface area contributed by atoms with E-state index < -0.39 is 0 Å². The van der Waals surface area contributed by atoms with Gasteiger partial charge < -0.3 is 9.47 Å². The van der Waals surface area contributed by atoms with E-state index in [1.165, 1.54) is 0 Å². The lowest BCUT2D eigenvalue weighted by Gasteiger charge is -2.10. The quantitative estimate of drug-likeness (QED) is 0.761. The number of carbonyl (C=O) groups is 1. The fraction of sp³-hybridized carbons (Fsp3) is 0.278. The van der Waals surface area contributed by atoms with Gasteiger partial charge in [-0.15, -0.1) is 0 Å². The first-order chi connectivity index (χ1) is 11.2. The number of hydrogen-bond donors (Lipinski definition) is 1. The Labute approximate surface area is 136 Å². The van der Waals surface area contributed by atoms with E-state index in [-0.39, 0.29) is 5.91 Å². The van der Waals surface area contributed by atoms with Crippen LogP contribution in [-0.4, -0.2) is 20.1 Å². The summed E-state index contributed by atoms with van der Waals surface area (Å²) in [7, 11) is 3.21. The molecular weight excluding hydrogens is 294 g/mol. The standard InChI is InChI=1S/C18H21NO4/c1-21-16-9-10-17(22-2)15(12-16)8-11-18(20)19-23-13-14-6-4-3-5-7-14/h3-7,9-10,12H,8,11,13H2,1-2H3,(H,19,20). The van der Waals surface area contributed by atoms with Gasteiger partial charge in [0.15, 0.2) is 0 Å². The van der Waals surface area contributed by atoms with Gasteiger partial charge in [-0.2, -0.15) is 0 Å². The van der Waals surface area contributed by atoms with E-state index in [0.29, 0.717) is 19.4 Å². The Morgan fingerprint density at radius 3 is 2.52 bits per heavy atom. The number of hydroxylamine groups is 1. The van der Waals surface area contributed by atoms with E-state index in [0.717, 1.165) is 22.6 Å². The summed E-state index contributed by atoms with van der Waals surface area (Å²) in [6.45, 7) is 0.342. The Bertz CT molecular complexity index is 628. The zero-order valence-electron chi connectivity index (χ0n) is 13.4. The van der Waals surface area contributed by atoms with E-state index in [2.05, 4.69) is 5.48 Å². The van der Waals surface area contributed by atoms with Gasteiger partial charge in [0.1, 0.15) is 11.5 Å². The first-order valence-corrected chi connectivity index (χ1v) is 7.38. The third-order valence-electron chi connectivity index (χ3n) is 3.38. The fourth-order valence-electron chi connectivity index (χ4n) is 2.15. The molecule has 0 aliphatic carbocycles. The molecule has 0 heterocycles. The molecule has 0 aliphatic heterocycles. The van der Waals surface area contributed by atoms with Crippen molar-refractivity contribution in [2.45, 2.75) is 19.4 Å². The summed E-state index contributed by atoms with van der Waals surface area (Å²) in [6, 6.07) is 15.2. The molecule has 2 rings (SSSR count). The molecule has 5 heteroatoms. The van der Waals surface area contributed by atoms with Crippen LogP contribution in [0.5, 0.6) is 11.5 Å². The molecule has 0 radical (unpaired) electrons. The van der Waals surface area contributed by atoms with Crippen LogP contribution in [-0.2, 0) is 22.7 Å². The van der Waals surface area contributed by atoms with Crippen LogP contribution in [0.3, 0.4) is 0 Å². The summed E-state index contributed by atoms with van der Waals surface area (Å²) in [6.07, 6.45) is 0.846. The lowest BCUT2D eigenvalue weighted by molar-refractivity contribution is -0.134. The summed E-state index contributed by atoms with van der Waals surface area (Å²) in [5, 5.41) is 0. The molecule has 1 N–H and O–H groups in total. The zero-order valence-corrected chi connectivity index (χ0v) is 13.4. The average Bonchev–Trinajstić information content (AvgIpc) is 2.60. The Morgan fingerprint density at radius 1 is 1.04 bits per heavy atom. The lowest BCUT2D eigenvalue weighted by atomic mass is 10.1. The van der Waals surface area contributed by atoms with E-state index in [1.807, 2.05) is 48.5 Å². The summed E-state index contributed by atoms with van der Waals surface area (Å²) in [4.78, 5) is 17.1. The highest BCUT2D eigenvalue weighted by molar-refractivity contribution is 5.75. The maximum absolute atomic E-state index is 11.9. The van der Waals surface area contributed by atoms with Crippen molar-refractivity contribution in [3.63, 3.8) is 0 Å². The smallest absolute Gasteiger partial charge is 0.243 e. The Balaban J connectivity index is 1.80. The maximum atomic E-state index is 11.9. The Morgan fingerprint density at radius 2 is 1.83 bits per heavy atom. The van der Waals surface area contributed by atoms with Gasteiger partial charge in [-0.3, -0.25) is 9.63 Å². The number of carbonyl (C=O) groups excluding carboxylic acids is 1. The summed E-state index contributed by atoms with van der Waals surface area (Å²) in [5.74, 6) is 1.30. The number of rotatable bonds is 8. The van der Waals surface area contributed by atoms with E-state index >= 15 is 0 Å². The third-order valence-corrected chi connectivity index (χ3v) is 3.38. The molecule has 0 saturated heterocycles. The highest BCUT2D eigenvalue weighted by Gasteiger charge is 2.08. The first kappa shape index (κ1) is 16.8. The highest BCUT2D eigenvalue weighted by Crippen LogP contribution is 2.25. The lowest BCUT2D eigenvalue weighted by Crippen LogP contribution is -2.23. The SMILES string of the molecule is COc1ccc(OC)c(CCC(=O)NOCc2ccccc2)c1. The van der Waals surface area contributed by atoms with Crippen LogP contribution in [0.2, 0.25) is 0 Å². The molecule has 0 bridgehead atoms. The molecule has 0 unspecified atom stereocenters. The number of ether oxygens (including phenoxy) is 2. The van der Waals surface area contributed by atoms with Crippen molar-refractivity contribution >= 4 is 5.91 Å². The molecule has 0 saturated carbocycles. The maximum Gasteiger partial charge on any atom is 0.243 e. The predicted octanol–water partition coefficient (Wildman–Crippen LogP) is 2.88. The minimum atomic E-state index is -0.175. The van der Waals surface area contributed by atoms with Crippen LogP contribution in [0.25, 0.3) is 0 Å². The van der Waals surface area contributed by atoms with Crippen molar-refractivity contribution in [1.82, 2.24) is 5.48 Å². The van der Waals surface area contributed by atoms with Gasteiger partial charge in [-0.25, -0.2) is 5.48 Å². The second kappa shape index (κ2) is 8.80. The predicted molar refractivity (Wildman–Crippen MR) is 87.2 cm³/mol. The van der Waals surface area contributed by atoms with Gasteiger partial charge in [0.2, 0.25) is 5.91 Å². The molecule has 2 aromatic rings. The van der Waals surface area contributed by atoms with Crippen molar-refractivity contribution in [2.24, 2.45) is 0 Å². The number of methoxy groups -OCH3 is 2. The van der Waals surface area contributed by atoms with Gasteiger partial charge in [0.05, 0.1) is 20.8 Å². The van der Waals surface area contributed by atoms with E-state index in [9.17, 15) is 4.79 Å². The van der Waals surface area contributed by atoms with Gasteiger partial charge in [0, 0.05) is 6.42 Å². The van der Waals surface area contributed by atoms with E-state index in [4.69, 9.17) is 14.3 Å². The molecule has 23 heavy (non-hydrogen) atoms. The minimum absolute atomic E-state index is 0.175. The number of amides is 1. The number of nitrogens with one attached hydrogen (secondary N) is 1. The van der Waals surface area contributed by atoms with Crippen molar-refractivity contribution in [3.05, 3.63) is 59.7 Å². The van der Waals surface area contributed by atoms with Crippen molar-refractivity contribution in [1.29, 1.82) is 0 Å². The molecule has 2 aromatic carbocycles. The van der Waals surface area contributed by atoms with Crippen LogP contribution in [0.4, 0.5) is 0 Å². The summed E-state index contributed by atoms with van der Waals surface area (Å²) >= 11 is 0. The molecule has 5 nitrogen and oxygen atoms in total. The molecule has 122 valence electrons. The van der Waals surface area contributed by atoms with Gasteiger partial charge >= 0.3 is 0 Å². The highest BCUT2D eigenvalue weighted by atomic mass is 16.6. The summed E-state index contributed by atoms with van der Waals surface area (Å²) in [5.41, 5.74) is 4.38. The minimum Gasteiger partial charge on any atom is -0.497 e. The topological polar surface area (TPSA) is 56.8 Å². The van der Waals surface area contributed by atoms with Crippen molar-refractivity contribution in [2.75, 3.05) is 14.2 Å². The van der Waals surface area contributed by atoms with E-state index in [1.54, 1.807) is 14.2 Å². The van der Waals surface area contributed by atoms with Crippen LogP contribution in [0.15, 0.2) is 48.5 Å². The average molecular weight is 315 g/mol. The monoisotopic (exact) mass is 315 g/mol. The van der Waals surface area contributed by atoms with Gasteiger partial charge in [0.25, 0.3) is 0 Å². The summed E-state index contributed by atoms with van der Waals surface area (Å²) < 4.78 is 10.5. The van der Waals surface area contributed by atoms with Crippen LogP contribution >= 0.6 is 0 Å². The zero-order chi connectivity index (χ0) is 16.5. The molecule has 0 atom stereocenters. The number of hydrogen-bond acceptors (Lipinski definition) is 4. The van der Waals surface area contributed by atoms with Gasteiger partial charge in [-0.05, 0) is 35.7 Å². The molecule has 0 fully saturated rings.